The Morgan fingerprint density at radius 3 is 2.12 bits per heavy atom. The molecular weight excluding hydrogens is 532 g/mol. The minimum Gasteiger partial charge on any atom is -0.481 e. The number of hydrogen-bond donors (Lipinski definition) is 2. The quantitative estimate of drug-likeness (QED) is 0.130. The van der Waals surface area contributed by atoms with Crippen LogP contribution in [-0.2, 0) is 9.59 Å². The molecule has 1 aromatic rings. The summed E-state index contributed by atoms with van der Waals surface area (Å²) in [5, 5.41) is 11.6. The molecule has 1 fully saturated rings. The maximum atomic E-state index is 12.7. The first kappa shape index (κ1) is 40.6. The molecule has 1 aromatic carbocycles. The van der Waals surface area contributed by atoms with Crippen molar-refractivity contribution < 1.29 is 14.7 Å². The van der Waals surface area contributed by atoms with Crippen molar-refractivity contribution in [1.82, 2.24) is 4.90 Å². The van der Waals surface area contributed by atoms with Crippen molar-refractivity contribution in [2.24, 2.45) is 0 Å². The fraction of sp³-hybridized carbons (Fsp3) is 0.684. The van der Waals surface area contributed by atoms with E-state index in [0.29, 0.717) is 6.42 Å². The lowest BCUT2D eigenvalue weighted by Gasteiger charge is -2.34. The number of anilines is 1. The largest absolute Gasteiger partial charge is 0.481 e. The number of carbonyl (C=O) groups excluding carboxylic acids is 1. The molecule has 43 heavy (non-hydrogen) atoms. The fourth-order valence-corrected chi connectivity index (χ4v) is 5.17. The van der Waals surface area contributed by atoms with E-state index in [-0.39, 0.29) is 11.9 Å². The van der Waals surface area contributed by atoms with Gasteiger partial charge in [-0.2, -0.15) is 0 Å². The van der Waals surface area contributed by atoms with Gasteiger partial charge in [-0.15, -0.1) is 0 Å². The third-order valence-electron chi connectivity index (χ3n) is 7.82. The lowest BCUT2D eigenvalue weighted by Crippen LogP contribution is -2.47. The molecule has 1 aliphatic heterocycles. The first-order valence-corrected chi connectivity index (χ1v) is 17.4. The highest BCUT2D eigenvalue weighted by atomic mass is 16.4. The number of carbonyl (C=O) groups is 2. The van der Waals surface area contributed by atoms with Crippen LogP contribution in [0.2, 0.25) is 0 Å². The number of nitrogens with zero attached hydrogens (tertiary/aromatic N) is 1. The van der Waals surface area contributed by atoms with Gasteiger partial charge in [0, 0.05) is 12.1 Å². The van der Waals surface area contributed by atoms with Crippen LogP contribution in [0.4, 0.5) is 5.69 Å². The molecule has 1 unspecified atom stereocenters. The molecule has 0 bridgehead atoms. The number of unbranched alkanes of at least 4 members (excludes halogenated alkanes) is 9. The molecule has 1 atom stereocenters. The predicted molar refractivity (Wildman–Crippen MR) is 187 cm³/mol. The molecule has 5 heteroatoms. The molecule has 1 amide bonds. The van der Waals surface area contributed by atoms with Crippen LogP contribution in [0.5, 0.6) is 0 Å². The number of para-hydroxylation sites is 1. The van der Waals surface area contributed by atoms with Gasteiger partial charge in [-0.25, -0.2) is 0 Å². The first-order valence-electron chi connectivity index (χ1n) is 17.4. The molecule has 1 heterocycles. The number of allylic oxidation sites excluding steroid dienone is 4. The zero-order valence-corrected chi connectivity index (χ0v) is 28.8. The zero-order valence-electron chi connectivity index (χ0n) is 28.8. The molecule has 246 valence electrons. The average molecular weight is 599 g/mol. The number of benzene rings is 1. The summed E-state index contributed by atoms with van der Waals surface area (Å²) in [5.74, 6) is -0.503. The number of carboxylic acid groups (broad SMARTS) is 1. The third-order valence-corrected chi connectivity index (χ3v) is 7.82. The standard InChI is InChI=1S/C18H28N2O.C11H20O2.C9H18/c1-4-5-12-20-13-7-6-11-16(20)18(21)19-17-14(2)9-8-10-15(17)3;1-2-3-4-5-6-7-8-9-10-11(12)13;1-3-5-7-9-8-6-4-2/h8-10,16H,4-7,11-13H2,1-3H3,(H,19,21);2-3H,4-10H2,1H3,(H,12,13);5,7H,3-4,6,8-9H2,1-2H3/b;3-2-;7-5-. The topological polar surface area (TPSA) is 69.6 Å². The number of aryl methyl sites for hydroxylation is 2. The van der Waals surface area contributed by atoms with E-state index < -0.39 is 5.97 Å². The van der Waals surface area contributed by atoms with E-state index in [4.69, 9.17) is 5.11 Å². The third kappa shape index (κ3) is 21.9. The molecule has 0 aliphatic carbocycles. The van der Waals surface area contributed by atoms with Gasteiger partial charge >= 0.3 is 5.97 Å². The Morgan fingerprint density at radius 1 is 0.860 bits per heavy atom. The maximum Gasteiger partial charge on any atom is 0.303 e. The minimum absolute atomic E-state index is 0.0457. The molecule has 0 spiro atoms. The average Bonchev–Trinajstić information content (AvgIpc) is 3.00. The van der Waals surface area contributed by atoms with E-state index in [2.05, 4.69) is 81.3 Å². The van der Waals surface area contributed by atoms with Gasteiger partial charge in [-0.05, 0) is 103 Å². The zero-order chi connectivity index (χ0) is 32.1. The van der Waals surface area contributed by atoms with Crippen molar-refractivity contribution in [3.05, 3.63) is 53.6 Å². The monoisotopic (exact) mass is 599 g/mol. The summed E-state index contributed by atoms with van der Waals surface area (Å²) in [4.78, 5) is 25.2. The van der Waals surface area contributed by atoms with Crippen molar-refractivity contribution in [2.45, 2.75) is 157 Å². The second kappa shape index (κ2) is 28.4. The summed E-state index contributed by atoms with van der Waals surface area (Å²) in [6.45, 7) is 14.9. The van der Waals surface area contributed by atoms with Crippen molar-refractivity contribution in [2.75, 3.05) is 18.4 Å². The lowest BCUT2D eigenvalue weighted by atomic mass is 10.00. The summed E-state index contributed by atoms with van der Waals surface area (Å²) < 4.78 is 0. The van der Waals surface area contributed by atoms with E-state index in [1.54, 1.807) is 0 Å². The van der Waals surface area contributed by atoms with Gasteiger partial charge in [0.2, 0.25) is 5.91 Å². The summed E-state index contributed by atoms with van der Waals surface area (Å²) in [6.07, 6.45) is 28.1. The highest BCUT2D eigenvalue weighted by molar-refractivity contribution is 5.96. The van der Waals surface area contributed by atoms with Crippen LogP contribution in [0.3, 0.4) is 0 Å². The van der Waals surface area contributed by atoms with Crippen molar-refractivity contribution in [3.8, 4) is 0 Å². The number of carboxylic acids is 1. The smallest absolute Gasteiger partial charge is 0.303 e. The fourth-order valence-electron chi connectivity index (χ4n) is 5.17. The minimum atomic E-state index is -0.672. The Labute approximate surface area is 265 Å². The number of rotatable bonds is 18. The Kier molecular flexibility index (Phi) is 26.8. The molecule has 2 N–H and O–H groups in total. The van der Waals surface area contributed by atoms with Crippen molar-refractivity contribution in [3.63, 3.8) is 0 Å². The SMILES string of the molecule is C/C=C\CCCCCCCC(=O)O.CC/C=C\CCCCC.CCCCN1CCCCC1C(=O)Nc1c(C)cccc1C. The van der Waals surface area contributed by atoms with Gasteiger partial charge in [0.1, 0.15) is 0 Å². The van der Waals surface area contributed by atoms with Gasteiger partial charge in [0.25, 0.3) is 0 Å². The normalized spacial score (nSPS) is 15.1. The van der Waals surface area contributed by atoms with Crippen LogP contribution in [0.15, 0.2) is 42.5 Å². The number of hydrogen-bond acceptors (Lipinski definition) is 3. The number of likely N-dealkylation sites (tertiary alicyclic amines) is 1. The van der Waals surface area contributed by atoms with Crippen LogP contribution in [-0.4, -0.2) is 41.0 Å². The number of aliphatic carboxylic acids is 1. The van der Waals surface area contributed by atoms with Gasteiger partial charge in [0.15, 0.2) is 0 Å². The lowest BCUT2D eigenvalue weighted by molar-refractivity contribution is -0.137. The molecular formula is C38H66N2O3. The second-order valence-corrected chi connectivity index (χ2v) is 11.8. The molecule has 0 aromatic heterocycles. The van der Waals surface area contributed by atoms with E-state index in [9.17, 15) is 9.59 Å². The van der Waals surface area contributed by atoms with Gasteiger partial charge in [-0.3, -0.25) is 14.5 Å². The number of amides is 1. The molecule has 5 nitrogen and oxygen atoms in total. The molecule has 1 aliphatic rings. The van der Waals surface area contributed by atoms with E-state index >= 15 is 0 Å². The van der Waals surface area contributed by atoms with Crippen LogP contribution in [0.1, 0.15) is 148 Å². The van der Waals surface area contributed by atoms with Crippen LogP contribution < -0.4 is 5.32 Å². The molecule has 2 rings (SSSR count). The van der Waals surface area contributed by atoms with Crippen molar-refractivity contribution >= 4 is 17.6 Å². The van der Waals surface area contributed by atoms with Gasteiger partial charge in [-0.1, -0.05) is 108 Å². The van der Waals surface area contributed by atoms with Crippen LogP contribution in [0.25, 0.3) is 0 Å². The number of piperidine rings is 1. The highest BCUT2D eigenvalue weighted by Gasteiger charge is 2.28. The van der Waals surface area contributed by atoms with E-state index in [1.165, 1.54) is 70.6 Å². The Morgan fingerprint density at radius 2 is 1.49 bits per heavy atom. The molecule has 0 radical (unpaired) electrons. The summed E-state index contributed by atoms with van der Waals surface area (Å²) in [7, 11) is 0. The Bertz CT molecular complexity index is 873. The second-order valence-electron chi connectivity index (χ2n) is 11.8. The number of nitrogens with one attached hydrogen (secondary N) is 1. The van der Waals surface area contributed by atoms with Crippen molar-refractivity contribution in [1.29, 1.82) is 0 Å². The van der Waals surface area contributed by atoms with E-state index in [0.717, 1.165) is 62.0 Å². The molecule has 0 saturated carbocycles. The summed E-state index contributed by atoms with van der Waals surface area (Å²) in [5.41, 5.74) is 3.27. The Balaban J connectivity index is 0.000000687. The van der Waals surface area contributed by atoms with Gasteiger partial charge < -0.3 is 10.4 Å². The van der Waals surface area contributed by atoms with Gasteiger partial charge in [0.05, 0.1) is 6.04 Å². The summed E-state index contributed by atoms with van der Waals surface area (Å²) >= 11 is 0. The van der Waals surface area contributed by atoms with Crippen LogP contribution >= 0.6 is 0 Å². The molecule has 1 saturated heterocycles. The maximum absolute atomic E-state index is 12.7. The first-order chi connectivity index (χ1) is 20.8. The highest BCUT2D eigenvalue weighted by Crippen LogP contribution is 2.23. The Hall–Kier alpha value is -2.40. The summed E-state index contributed by atoms with van der Waals surface area (Å²) in [6, 6.07) is 6.19. The van der Waals surface area contributed by atoms with Crippen LogP contribution in [0, 0.1) is 13.8 Å². The predicted octanol–water partition coefficient (Wildman–Crippen LogP) is 10.8. The van der Waals surface area contributed by atoms with E-state index in [1.807, 2.05) is 13.0 Å².